The van der Waals surface area contributed by atoms with Gasteiger partial charge in [-0.1, -0.05) is 36.2 Å². The Kier molecular flexibility index (Phi) is 3.36. The SMILES string of the molecule is CCC(C)[C@H](N)c1c[nH]c2ccc(Br)cc12. The van der Waals surface area contributed by atoms with Crippen LogP contribution in [0, 0.1) is 5.92 Å². The van der Waals surface area contributed by atoms with Crippen molar-refractivity contribution in [3.05, 3.63) is 34.4 Å². The van der Waals surface area contributed by atoms with Crippen LogP contribution < -0.4 is 5.73 Å². The van der Waals surface area contributed by atoms with Gasteiger partial charge in [0, 0.05) is 27.6 Å². The Morgan fingerprint density at radius 1 is 1.44 bits per heavy atom. The lowest BCUT2D eigenvalue weighted by Gasteiger charge is -2.17. The zero-order valence-electron chi connectivity index (χ0n) is 9.63. The van der Waals surface area contributed by atoms with Crippen LogP contribution in [0.1, 0.15) is 31.9 Å². The van der Waals surface area contributed by atoms with E-state index >= 15 is 0 Å². The molecule has 2 aromatic rings. The van der Waals surface area contributed by atoms with Crippen molar-refractivity contribution >= 4 is 26.8 Å². The van der Waals surface area contributed by atoms with Gasteiger partial charge in [0.15, 0.2) is 0 Å². The highest BCUT2D eigenvalue weighted by molar-refractivity contribution is 9.10. The monoisotopic (exact) mass is 280 g/mol. The lowest BCUT2D eigenvalue weighted by molar-refractivity contribution is 0.459. The second-order valence-electron chi connectivity index (χ2n) is 4.35. The predicted molar refractivity (Wildman–Crippen MR) is 72.4 cm³/mol. The lowest BCUT2D eigenvalue weighted by atomic mass is 9.93. The van der Waals surface area contributed by atoms with Gasteiger partial charge >= 0.3 is 0 Å². The summed E-state index contributed by atoms with van der Waals surface area (Å²) in [5, 5.41) is 1.22. The Morgan fingerprint density at radius 2 is 2.19 bits per heavy atom. The molecule has 3 heteroatoms. The number of nitrogens with one attached hydrogen (secondary N) is 1. The third-order valence-corrected chi connectivity index (χ3v) is 3.79. The Hall–Kier alpha value is -0.800. The van der Waals surface area contributed by atoms with Crippen LogP contribution in [0.4, 0.5) is 0 Å². The highest BCUT2D eigenvalue weighted by atomic mass is 79.9. The molecule has 1 aromatic carbocycles. The van der Waals surface area contributed by atoms with E-state index in [2.05, 4.69) is 46.9 Å². The van der Waals surface area contributed by atoms with Gasteiger partial charge in [-0.15, -0.1) is 0 Å². The first-order valence-electron chi connectivity index (χ1n) is 5.65. The van der Waals surface area contributed by atoms with Crippen molar-refractivity contribution in [1.29, 1.82) is 0 Å². The minimum atomic E-state index is 0.105. The van der Waals surface area contributed by atoms with E-state index in [0.717, 1.165) is 16.4 Å². The van der Waals surface area contributed by atoms with E-state index in [4.69, 9.17) is 5.73 Å². The van der Waals surface area contributed by atoms with Gasteiger partial charge in [-0.25, -0.2) is 0 Å². The number of hydrogen-bond donors (Lipinski definition) is 2. The van der Waals surface area contributed by atoms with E-state index in [1.165, 1.54) is 10.9 Å². The van der Waals surface area contributed by atoms with Gasteiger partial charge in [0.05, 0.1) is 0 Å². The predicted octanol–water partition coefficient (Wildman–Crippen LogP) is 3.98. The molecule has 2 rings (SSSR count). The molecule has 3 N–H and O–H groups in total. The molecule has 0 radical (unpaired) electrons. The Labute approximate surface area is 104 Å². The van der Waals surface area contributed by atoms with Gasteiger partial charge < -0.3 is 10.7 Å². The minimum Gasteiger partial charge on any atom is -0.361 e. The summed E-state index contributed by atoms with van der Waals surface area (Å²) in [5.74, 6) is 0.498. The van der Waals surface area contributed by atoms with E-state index < -0.39 is 0 Å². The summed E-state index contributed by atoms with van der Waals surface area (Å²) in [5.41, 5.74) is 8.64. The Balaban J connectivity index is 2.48. The lowest BCUT2D eigenvalue weighted by Crippen LogP contribution is -2.18. The molecule has 0 aliphatic rings. The van der Waals surface area contributed by atoms with E-state index in [1.807, 2.05) is 12.3 Å². The molecule has 0 saturated carbocycles. The van der Waals surface area contributed by atoms with E-state index in [9.17, 15) is 0 Å². The molecule has 0 amide bonds. The molecule has 0 bridgehead atoms. The van der Waals surface area contributed by atoms with Gasteiger partial charge in [-0.3, -0.25) is 0 Å². The molecule has 0 aliphatic carbocycles. The summed E-state index contributed by atoms with van der Waals surface area (Å²) in [4.78, 5) is 3.27. The van der Waals surface area contributed by atoms with Crippen LogP contribution in [0.2, 0.25) is 0 Å². The number of rotatable bonds is 3. The molecule has 0 aliphatic heterocycles. The maximum Gasteiger partial charge on any atom is 0.0458 e. The fourth-order valence-corrected chi connectivity index (χ4v) is 2.31. The van der Waals surface area contributed by atoms with Crippen molar-refractivity contribution in [1.82, 2.24) is 4.98 Å². The maximum atomic E-state index is 6.27. The minimum absolute atomic E-state index is 0.105. The fourth-order valence-electron chi connectivity index (χ4n) is 1.95. The van der Waals surface area contributed by atoms with Gasteiger partial charge in [-0.2, -0.15) is 0 Å². The standard InChI is InChI=1S/C13H17BrN2/c1-3-8(2)13(15)11-7-16-12-5-4-9(14)6-10(11)12/h4-8,13,16H,3,15H2,1-2H3/t8?,13-/m0/s1. The largest absolute Gasteiger partial charge is 0.361 e. The molecule has 0 spiro atoms. The molecule has 1 heterocycles. The molecule has 16 heavy (non-hydrogen) atoms. The first kappa shape index (κ1) is 11.7. The molecule has 0 saturated heterocycles. The molecular weight excluding hydrogens is 264 g/mol. The topological polar surface area (TPSA) is 41.8 Å². The van der Waals surface area contributed by atoms with E-state index in [1.54, 1.807) is 0 Å². The van der Waals surface area contributed by atoms with Crippen molar-refractivity contribution in [2.24, 2.45) is 11.7 Å². The van der Waals surface area contributed by atoms with Crippen LogP contribution in [-0.4, -0.2) is 4.98 Å². The molecule has 1 unspecified atom stereocenters. The molecule has 2 nitrogen and oxygen atoms in total. The number of aromatic nitrogens is 1. The quantitative estimate of drug-likeness (QED) is 0.878. The van der Waals surface area contributed by atoms with Gasteiger partial charge in [0.2, 0.25) is 0 Å². The summed E-state index contributed by atoms with van der Waals surface area (Å²) in [6, 6.07) is 6.35. The number of benzene rings is 1. The van der Waals surface area contributed by atoms with E-state index in [0.29, 0.717) is 5.92 Å². The van der Waals surface area contributed by atoms with Gasteiger partial charge in [0.1, 0.15) is 0 Å². The Bertz CT molecular complexity index is 490. The summed E-state index contributed by atoms with van der Waals surface area (Å²) in [7, 11) is 0. The van der Waals surface area contributed by atoms with Crippen molar-refractivity contribution in [3.8, 4) is 0 Å². The maximum absolute atomic E-state index is 6.27. The average molecular weight is 281 g/mol. The second kappa shape index (κ2) is 4.60. The number of nitrogens with two attached hydrogens (primary N) is 1. The molecule has 2 atom stereocenters. The summed E-state index contributed by atoms with van der Waals surface area (Å²) < 4.78 is 1.09. The third kappa shape index (κ3) is 2.02. The summed E-state index contributed by atoms with van der Waals surface area (Å²) in [6.45, 7) is 4.37. The molecule has 86 valence electrons. The smallest absolute Gasteiger partial charge is 0.0458 e. The van der Waals surface area contributed by atoms with Crippen molar-refractivity contribution < 1.29 is 0 Å². The average Bonchev–Trinajstić information content (AvgIpc) is 2.69. The van der Waals surface area contributed by atoms with Gasteiger partial charge in [0.25, 0.3) is 0 Å². The first-order valence-corrected chi connectivity index (χ1v) is 6.45. The number of hydrogen-bond acceptors (Lipinski definition) is 1. The molecular formula is C13H17BrN2. The van der Waals surface area contributed by atoms with Gasteiger partial charge in [-0.05, 0) is 29.7 Å². The fraction of sp³-hybridized carbons (Fsp3) is 0.385. The number of H-pyrrole nitrogens is 1. The van der Waals surface area contributed by atoms with Crippen LogP contribution >= 0.6 is 15.9 Å². The summed E-state index contributed by atoms with van der Waals surface area (Å²) >= 11 is 3.50. The van der Waals surface area contributed by atoms with Crippen LogP contribution in [0.15, 0.2) is 28.9 Å². The Morgan fingerprint density at radius 3 is 2.88 bits per heavy atom. The highest BCUT2D eigenvalue weighted by Gasteiger charge is 2.16. The third-order valence-electron chi connectivity index (χ3n) is 3.29. The zero-order chi connectivity index (χ0) is 11.7. The molecule has 0 fully saturated rings. The first-order chi connectivity index (χ1) is 7.63. The zero-order valence-corrected chi connectivity index (χ0v) is 11.2. The molecule has 1 aromatic heterocycles. The number of fused-ring (bicyclic) bond motifs is 1. The van der Waals surface area contributed by atoms with Crippen LogP contribution in [0.25, 0.3) is 10.9 Å². The van der Waals surface area contributed by atoms with Crippen molar-refractivity contribution in [2.75, 3.05) is 0 Å². The van der Waals surface area contributed by atoms with Crippen molar-refractivity contribution in [2.45, 2.75) is 26.3 Å². The van der Waals surface area contributed by atoms with Crippen LogP contribution in [-0.2, 0) is 0 Å². The number of halogens is 1. The van der Waals surface area contributed by atoms with E-state index in [-0.39, 0.29) is 6.04 Å². The highest BCUT2D eigenvalue weighted by Crippen LogP contribution is 2.30. The summed E-state index contributed by atoms with van der Waals surface area (Å²) in [6.07, 6.45) is 3.13. The van der Waals surface area contributed by atoms with Crippen LogP contribution in [0.3, 0.4) is 0 Å². The van der Waals surface area contributed by atoms with Crippen molar-refractivity contribution in [3.63, 3.8) is 0 Å². The normalized spacial score (nSPS) is 15.2. The second-order valence-corrected chi connectivity index (χ2v) is 5.26. The number of aromatic amines is 1. The van der Waals surface area contributed by atoms with Crippen LogP contribution in [0.5, 0.6) is 0 Å².